The van der Waals surface area contributed by atoms with Gasteiger partial charge in [0.2, 0.25) is 5.91 Å². The molecule has 1 fully saturated rings. The fourth-order valence-electron chi connectivity index (χ4n) is 3.37. The van der Waals surface area contributed by atoms with Gasteiger partial charge in [-0.15, -0.1) is 5.10 Å². The highest BCUT2D eigenvalue weighted by Gasteiger charge is 2.37. The monoisotopic (exact) mass is 386 g/mol. The van der Waals surface area contributed by atoms with Crippen molar-refractivity contribution >= 4 is 23.2 Å². The van der Waals surface area contributed by atoms with Gasteiger partial charge in [0.1, 0.15) is 6.07 Å². The molecule has 0 unspecified atom stereocenters. The third kappa shape index (κ3) is 4.40. The molecule has 142 valence electrons. The van der Waals surface area contributed by atoms with E-state index in [1.165, 1.54) is 0 Å². The van der Waals surface area contributed by atoms with E-state index in [2.05, 4.69) is 26.6 Å². The molecule has 1 aromatic carbocycles. The van der Waals surface area contributed by atoms with E-state index in [-0.39, 0.29) is 5.91 Å². The normalized spacial score (nSPS) is 16.0. The Bertz CT molecular complexity index is 863. The Morgan fingerprint density at radius 3 is 2.78 bits per heavy atom. The van der Waals surface area contributed by atoms with Gasteiger partial charge in [-0.2, -0.15) is 5.26 Å². The van der Waals surface area contributed by atoms with Gasteiger partial charge in [0.25, 0.3) is 0 Å². The molecule has 0 spiro atoms. The van der Waals surface area contributed by atoms with E-state index < -0.39 is 5.41 Å². The minimum Gasteiger partial charge on any atom is -0.370 e. The minimum atomic E-state index is -0.405. The zero-order valence-electron chi connectivity index (χ0n) is 15.6. The Labute approximate surface area is 163 Å². The second kappa shape index (κ2) is 7.97. The fourth-order valence-corrected chi connectivity index (χ4v) is 3.54. The van der Waals surface area contributed by atoms with E-state index in [0.717, 1.165) is 37.3 Å². The Hall–Kier alpha value is -2.59. The molecule has 1 saturated heterocycles. The molecular formula is C19H23ClN6O. The SMILES string of the molecule is Cn1cc(CCNC(=O)C2(C)CCN(c3ccc(Cl)cc3C#N)CC2)nn1. The number of carbonyl (C=O) groups is 1. The van der Waals surface area contributed by atoms with Crippen LogP contribution < -0.4 is 10.2 Å². The molecule has 1 amide bonds. The molecule has 0 radical (unpaired) electrons. The van der Waals surface area contributed by atoms with Crippen molar-refractivity contribution in [3.05, 3.63) is 40.7 Å². The smallest absolute Gasteiger partial charge is 0.226 e. The number of rotatable bonds is 5. The summed E-state index contributed by atoms with van der Waals surface area (Å²) in [5, 5.41) is 20.9. The fraction of sp³-hybridized carbons (Fsp3) is 0.474. The molecule has 8 heteroatoms. The standard InChI is InChI=1S/C19H23ClN6O/c1-19(18(27)22-8-5-16-13-25(2)24-23-16)6-9-26(10-7-19)17-4-3-15(20)11-14(17)12-21/h3-4,11,13H,5-10H2,1-2H3,(H,22,27). The van der Waals surface area contributed by atoms with Crippen LogP contribution in [-0.2, 0) is 18.3 Å². The van der Waals surface area contributed by atoms with Gasteiger partial charge in [0.05, 0.1) is 16.9 Å². The number of nitrogens with one attached hydrogen (secondary N) is 1. The summed E-state index contributed by atoms with van der Waals surface area (Å²) in [4.78, 5) is 14.8. The molecule has 0 aliphatic carbocycles. The van der Waals surface area contributed by atoms with Crippen molar-refractivity contribution in [2.75, 3.05) is 24.5 Å². The summed E-state index contributed by atoms with van der Waals surface area (Å²) in [6, 6.07) is 7.56. The lowest BCUT2D eigenvalue weighted by atomic mass is 9.79. The molecule has 1 aliphatic heterocycles. The number of amides is 1. The first-order valence-electron chi connectivity index (χ1n) is 8.99. The van der Waals surface area contributed by atoms with Crippen LogP contribution in [0.1, 0.15) is 31.0 Å². The largest absolute Gasteiger partial charge is 0.370 e. The summed E-state index contributed by atoms with van der Waals surface area (Å²) in [6.45, 7) is 4.01. The third-order valence-electron chi connectivity index (χ3n) is 5.15. The topological polar surface area (TPSA) is 86.8 Å². The first kappa shape index (κ1) is 19.2. The molecule has 27 heavy (non-hydrogen) atoms. The number of halogens is 1. The number of benzene rings is 1. The van der Waals surface area contributed by atoms with Crippen molar-refractivity contribution in [3.8, 4) is 6.07 Å². The van der Waals surface area contributed by atoms with E-state index in [4.69, 9.17) is 11.6 Å². The van der Waals surface area contributed by atoms with Gasteiger partial charge in [-0.1, -0.05) is 23.7 Å². The highest BCUT2D eigenvalue weighted by atomic mass is 35.5. The third-order valence-corrected chi connectivity index (χ3v) is 5.39. The summed E-state index contributed by atoms with van der Waals surface area (Å²) in [5.41, 5.74) is 1.91. The van der Waals surface area contributed by atoms with Crippen LogP contribution in [0.3, 0.4) is 0 Å². The second-order valence-electron chi connectivity index (χ2n) is 7.21. The Morgan fingerprint density at radius 1 is 1.41 bits per heavy atom. The summed E-state index contributed by atoms with van der Waals surface area (Å²) >= 11 is 5.98. The van der Waals surface area contributed by atoms with Gasteiger partial charge in [-0.05, 0) is 31.0 Å². The number of hydrogen-bond acceptors (Lipinski definition) is 5. The molecule has 0 saturated carbocycles. The van der Waals surface area contributed by atoms with Gasteiger partial charge >= 0.3 is 0 Å². The predicted molar refractivity (Wildman–Crippen MR) is 103 cm³/mol. The molecule has 1 aliphatic rings. The van der Waals surface area contributed by atoms with Crippen LogP contribution >= 0.6 is 11.6 Å². The van der Waals surface area contributed by atoms with Crippen molar-refractivity contribution < 1.29 is 4.79 Å². The predicted octanol–water partition coefficient (Wildman–Crippen LogP) is 2.31. The summed E-state index contributed by atoms with van der Waals surface area (Å²) in [7, 11) is 1.82. The van der Waals surface area contributed by atoms with E-state index >= 15 is 0 Å². The lowest BCUT2D eigenvalue weighted by molar-refractivity contribution is -0.131. The first-order chi connectivity index (χ1) is 12.9. The maximum atomic E-state index is 12.7. The molecule has 1 N–H and O–H groups in total. The van der Waals surface area contributed by atoms with Crippen molar-refractivity contribution in [2.24, 2.45) is 12.5 Å². The van der Waals surface area contributed by atoms with Gasteiger partial charge in [-0.25, -0.2) is 0 Å². The second-order valence-corrected chi connectivity index (χ2v) is 7.65. The van der Waals surface area contributed by atoms with Crippen molar-refractivity contribution in [1.29, 1.82) is 5.26 Å². The van der Waals surface area contributed by atoms with Crippen LogP contribution in [0.15, 0.2) is 24.4 Å². The van der Waals surface area contributed by atoms with Crippen LogP contribution in [-0.4, -0.2) is 40.5 Å². The quantitative estimate of drug-likeness (QED) is 0.852. The minimum absolute atomic E-state index is 0.0719. The Morgan fingerprint density at radius 2 is 2.15 bits per heavy atom. The zero-order chi connectivity index (χ0) is 19.4. The highest BCUT2D eigenvalue weighted by Crippen LogP contribution is 2.34. The Balaban J connectivity index is 1.55. The molecular weight excluding hydrogens is 364 g/mol. The van der Waals surface area contributed by atoms with Gasteiger partial charge in [0, 0.05) is 49.7 Å². The van der Waals surface area contributed by atoms with Crippen molar-refractivity contribution in [3.63, 3.8) is 0 Å². The maximum Gasteiger partial charge on any atom is 0.226 e. The van der Waals surface area contributed by atoms with E-state index in [9.17, 15) is 10.1 Å². The van der Waals surface area contributed by atoms with E-state index in [0.29, 0.717) is 23.6 Å². The van der Waals surface area contributed by atoms with Crippen LogP contribution in [0.25, 0.3) is 0 Å². The highest BCUT2D eigenvalue weighted by molar-refractivity contribution is 6.30. The summed E-state index contributed by atoms with van der Waals surface area (Å²) in [5.74, 6) is 0.0719. The number of piperidine rings is 1. The summed E-state index contributed by atoms with van der Waals surface area (Å²) in [6.07, 6.45) is 3.98. The molecule has 0 bridgehead atoms. The Kier molecular flexibility index (Phi) is 5.66. The van der Waals surface area contributed by atoms with Gasteiger partial charge in [-0.3, -0.25) is 9.48 Å². The number of hydrogen-bond donors (Lipinski definition) is 1. The number of aromatic nitrogens is 3. The molecule has 0 atom stereocenters. The number of carbonyl (C=O) groups excluding carboxylic acids is 1. The molecule has 1 aromatic heterocycles. The molecule has 2 aromatic rings. The number of anilines is 1. The van der Waals surface area contributed by atoms with Crippen molar-refractivity contribution in [1.82, 2.24) is 20.3 Å². The van der Waals surface area contributed by atoms with Gasteiger partial charge < -0.3 is 10.2 Å². The van der Waals surface area contributed by atoms with Gasteiger partial charge in [0.15, 0.2) is 0 Å². The molecule has 7 nitrogen and oxygen atoms in total. The molecule has 2 heterocycles. The zero-order valence-corrected chi connectivity index (χ0v) is 16.3. The summed E-state index contributed by atoms with van der Waals surface area (Å²) < 4.78 is 1.65. The number of nitrogens with zero attached hydrogens (tertiary/aromatic N) is 5. The van der Waals surface area contributed by atoms with E-state index in [1.54, 1.807) is 16.8 Å². The average Bonchev–Trinajstić information content (AvgIpc) is 3.07. The van der Waals surface area contributed by atoms with Crippen LogP contribution in [0.2, 0.25) is 5.02 Å². The first-order valence-corrected chi connectivity index (χ1v) is 9.37. The number of nitriles is 1. The lowest BCUT2D eigenvalue weighted by Gasteiger charge is -2.39. The average molecular weight is 387 g/mol. The van der Waals surface area contributed by atoms with Crippen molar-refractivity contribution in [2.45, 2.75) is 26.2 Å². The van der Waals surface area contributed by atoms with E-state index in [1.807, 2.05) is 26.2 Å². The van der Waals surface area contributed by atoms with Crippen LogP contribution in [0, 0.1) is 16.7 Å². The molecule has 3 rings (SSSR count). The van der Waals surface area contributed by atoms with Crippen LogP contribution in [0.4, 0.5) is 5.69 Å². The number of aryl methyl sites for hydroxylation is 1. The van der Waals surface area contributed by atoms with Crippen LogP contribution in [0.5, 0.6) is 0 Å². The lowest BCUT2D eigenvalue weighted by Crippen LogP contribution is -2.47. The maximum absolute atomic E-state index is 12.7.